The third kappa shape index (κ3) is 34.0. The van der Waals surface area contributed by atoms with E-state index in [1.807, 2.05) is 0 Å². The number of aliphatic hydroxyl groups excluding tert-OH is 2. The third-order valence-corrected chi connectivity index (χ3v) is 2.56. The predicted octanol–water partition coefficient (Wildman–Crippen LogP) is -3.95. The van der Waals surface area contributed by atoms with Crippen LogP contribution < -0.4 is 17.5 Å². The summed E-state index contributed by atoms with van der Waals surface area (Å²) in [4.78, 5) is 11.2. The summed E-state index contributed by atoms with van der Waals surface area (Å²) in [7, 11) is 12.3. The molecule has 0 spiro atoms. The molecule has 23 heavy (non-hydrogen) atoms. The van der Waals surface area contributed by atoms with Gasteiger partial charge >= 0.3 is 0 Å². The Hall–Kier alpha value is -0.600. The molecule has 8 heteroatoms. The van der Waals surface area contributed by atoms with Gasteiger partial charge in [0, 0.05) is 13.1 Å². The topological polar surface area (TPSA) is 83.8 Å². The van der Waals surface area contributed by atoms with Crippen molar-refractivity contribution in [2.24, 2.45) is 0 Å². The van der Waals surface area contributed by atoms with E-state index >= 15 is 0 Å². The number of carbonyl (C=O) groups excluding carboxylic acids is 1. The Morgan fingerprint density at radius 3 is 1.13 bits per heavy atom. The molecular formula is C15H38ClN3O4. The molecule has 0 radical (unpaired) electrons. The fourth-order valence-corrected chi connectivity index (χ4v) is 1.08. The average Bonchev–Trinajstić information content (AvgIpc) is 2.28. The van der Waals surface area contributed by atoms with Crippen molar-refractivity contribution >= 4 is 6.09 Å². The van der Waals surface area contributed by atoms with Gasteiger partial charge in [-0.1, -0.05) is 0 Å². The number of quaternary nitrogens is 2. The first-order chi connectivity index (χ1) is 9.84. The zero-order valence-corrected chi connectivity index (χ0v) is 16.9. The molecule has 2 N–H and O–H groups in total. The van der Waals surface area contributed by atoms with Crippen molar-refractivity contribution in [3.8, 4) is 0 Å². The summed E-state index contributed by atoms with van der Waals surface area (Å²) in [5.74, 6) is 0. The molecule has 0 aliphatic carbocycles. The SMILES string of the molecule is CCN(CC)C(=O)[O-].C[N+](C)(C)CCO.C[N+](C)(C)CCO.[Cl-]. The lowest BCUT2D eigenvalue weighted by atomic mass is 10.5. The second kappa shape index (κ2) is 16.3. The van der Waals surface area contributed by atoms with Crippen LogP contribution in [0.4, 0.5) is 4.79 Å². The third-order valence-electron chi connectivity index (χ3n) is 2.56. The first-order valence-electron chi connectivity index (χ1n) is 7.63. The molecule has 0 saturated heterocycles. The van der Waals surface area contributed by atoms with Crippen molar-refractivity contribution in [1.29, 1.82) is 0 Å². The second-order valence-electron chi connectivity index (χ2n) is 6.91. The van der Waals surface area contributed by atoms with Gasteiger partial charge in [0.1, 0.15) is 19.2 Å². The van der Waals surface area contributed by atoms with Crippen molar-refractivity contribution in [2.45, 2.75) is 13.8 Å². The van der Waals surface area contributed by atoms with Gasteiger partial charge < -0.3 is 46.4 Å². The standard InChI is InChI=1S/C5H11NO2.2C5H14NO.ClH/c1-3-6(4-2)5(7)8;2*1-6(2,3)4-5-7;/h3-4H2,1-2H3,(H,7,8);2*7H,4-5H2,1-3H3;1H/q;2*+1;/p-2. The summed E-state index contributed by atoms with van der Waals surface area (Å²) in [5, 5.41) is 26.7. The maximum absolute atomic E-state index is 9.98. The Labute approximate surface area is 148 Å². The lowest BCUT2D eigenvalue weighted by molar-refractivity contribution is -0.870. The van der Waals surface area contributed by atoms with E-state index in [2.05, 4.69) is 42.3 Å². The maximum Gasteiger partial charge on any atom is 0.136 e. The largest absolute Gasteiger partial charge is 1.00 e. The number of rotatable bonds is 6. The highest BCUT2D eigenvalue weighted by Gasteiger charge is 2.02. The molecule has 0 aliphatic heterocycles. The number of hydrogen-bond acceptors (Lipinski definition) is 4. The number of aliphatic hydroxyl groups is 2. The smallest absolute Gasteiger partial charge is 0.136 e. The number of likely N-dealkylation sites (N-methyl/N-ethyl adjacent to an activating group) is 2. The summed E-state index contributed by atoms with van der Waals surface area (Å²) >= 11 is 0. The van der Waals surface area contributed by atoms with Crippen LogP contribution in [0.15, 0.2) is 0 Å². The van der Waals surface area contributed by atoms with Crippen LogP contribution in [0.2, 0.25) is 0 Å². The van der Waals surface area contributed by atoms with Gasteiger partial charge in [-0.15, -0.1) is 0 Å². The number of hydrogen-bond donors (Lipinski definition) is 2. The molecule has 0 atom stereocenters. The van der Waals surface area contributed by atoms with E-state index in [0.29, 0.717) is 13.1 Å². The van der Waals surface area contributed by atoms with Gasteiger partial charge in [0.05, 0.1) is 55.5 Å². The fourth-order valence-electron chi connectivity index (χ4n) is 1.08. The van der Waals surface area contributed by atoms with Crippen LogP contribution in [0.5, 0.6) is 0 Å². The number of carboxylic acid groups (broad SMARTS) is 1. The Balaban J connectivity index is -0.000000116. The van der Waals surface area contributed by atoms with Crippen LogP contribution in [0, 0.1) is 0 Å². The molecule has 0 bridgehead atoms. The Kier molecular flexibility index (Phi) is 21.4. The predicted molar refractivity (Wildman–Crippen MR) is 88.3 cm³/mol. The zero-order chi connectivity index (χ0) is 18.4. The summed E-state index contributed by atoms with van der Waals surface area (Å²) < 4.78 is 1.69. The molecule has 0 aromatic carbocycles. The minimum atomic E-state index is -1.09. The van der Waals surface area contributed by atoms with Gasteiger partial charge in [-0.05, 0) is 13.8 Å². The van der Waals surface area contributed by atoms with Crippen molar-refractivity contribution in [2.75, 3.05) is 81.7 Å². The number of nitrogens with zero attached hydrogens (tertiary/aromatic N) is 3. The molecule has 1 amide bonds. The van der Waals surface area contributed by atoms with E-state index in [-0.39, 0.29) is 25.6 Å². The van der Waals surface area contributed by atoms with Crippen molar-refractivity contribution < 1.29 is 41.5 Å². The van der Waals surface area contributed by atoms with E-state index < -0.39 is 6.09 Å². The second-order valence-corrected chi connectivity index (χ2v) is 6.91. The zero-order valence-electron chi connectivity index (χ0n) is 16.2. The number of halogens is 1. The minimum Gasteiger partial charge on any atom is -1.00 e. The Morgan fingerprint density at radius 1 is 0.870 bits per heavy atom. The maximum atomic E-state index is 9.98. The molecule has 144 valence electrons. The van der Waals surface area contributed by atoms with Gasteiger partial charge in [-0.3, -0.25) is 0 Å². The van der Waals surface area contributed by atoms with E-state index in [1.54, 1.807) is 13.8 Å². The lowest BCUT2D eigenvalue weighted by Gasteiger charge is -2.21. The van der Waals surface area contributed by atoms with Crippen molar-refractivity contribution in [1.82, 2.24) is 4.90 Å². The minimum absolute atomic E-state index is 0. The first-order valence-corrected chi connectivity index (χ1v) is 7.63. The summed E-state index contributed by atoms with van der Waals surface area (Å²) in [6, 6.07) is 0. The quantitative estimate of drug-likeness (QED) is 0.474. The number of amides is 1. The van der Waals surface area contributed by atoms with Crippen LogP contribution in [-0.4, -0.2) is 112 Å². The summed E-state index contributed by atoms with van der Waals surface area (Å²) in [5.41, 5.74) is 0. The van der Waals surface area contributed by atoms with Crippen molar-refractivity contribution in [3.63, 3.8) is 0 Å². The molecule has 7 nitrogen and oxygen atoms in total. The molecule has 0 aromatic heterocycles. The highest BCUT2D eigenvalue weighted by atomic mass is 35.5. The van der Waals surface area contributed by atoms with Crippen LogP contribution >= 0.6 is 0 Å². The highest BCUT2D eigenvalue weighted by molar-refractivity contribution is 5.62. The number of carbonyl (C=O) groups is 1. The lowest BCUT2D eigenvalue weighted by Crippen LogP contribution is -3.00. The molecule has 0 fully saturated rings. The Morgan fingerprint density at radius 2 is 1.13 bits per heavy atom. The van der Waals surface area contributed by atoms with Crippen LogP contribution in [0.1, 0.15) is 13.8 Å². The highest BCUT2D eigenvalue weighted by Crippen LogP contribution is 1.85. The first kappa shape index (κ1) is 30.3. The summed E-state index contributed by atoms with van der Waals surface area (Å²) in [6.45, 7) is 6.81. The summed E-state index contributed by atoms with van der Waals surface area (Å²) in [6.07, 6.45) is -1.09. The van der Waals surface area contributed by atoms with Gasteiger partial charge in [0.2, 0.25) is 0 Å². The van der Waals surface area contributed by atoms with Gasteiger partial charge in [-0.25, -0.2) is 0 Å². The van der Waals surface area contributed by atoms with Gasteiger partial charge in [-0.2, -0.15) is 0 Å². The molecular weight excluding hydrogens is 322 g/mol. The van der Waals surface area contributed by atoms with Crippen LogP contribution in [0.25, 0.3) is 0 Å². The van der Waals surface area contributed by atoms with Crippen molar-refractivity contribution in [3.05, 3.63) is 0 Å². The Bertz CT molecular complexity index is 246. The molecule has 0 heterocycles. The van der Waals surface area contributed by atoms with Crippen LogP contribution in [-0.2, 0) is 0 Å². The molecule has 0 saturated carbocycles. The fraction of sp³-hybridized carbons (Fsp3) is 0.933. The molecule has 0 aliphatic rings. The molecule has 0 aromatic rings. The normalized spacial score (nSPS) is 10.3. The molecule has 0 unspecified atom stereocenters. The van der Waals surface area contributed by atoms with E-state index in [0.717, 1.165) is 22.1 Å². The van der Waals surface area contributed by atoms with Gasteiger partial charge in [0.25, 0.3) is 0 Å². The van der Waals surface area contributed by atoms with Crippen LogP contribution in [0.3, 0.4) is 0 Å². The van der Waals surface area contributed by atoms with Gasteiger partial charge in [0.15, 0.2) is 0 Å². The van der Waals surface area contributed by atoms with E-state index in [1.165, 1.54) is 4.90 Å². The van der Waals surface area contributed by atoms with E-state index in [9.17, 15) is 9.90 Å². The molecule has 0 rings (SSSR count). The monoisotopic (exact) mass is 359 g/mol. The average molecular weight is 360 g/mol. The van der Waals surface area contributed by atoms with E-state index in [4.69, 9.17) is 10.2 Å².